The smallest absolute Gasteiger partial charge is 0.503 e. The highest BCUT2D eigenvalue weighted by Gasteiger charge is 2.38. The molecule has 1 rings (SSSR count). The number of halogens is 6. The largest absolute Gasteiger partial charge is 0.574 e. The van der Waals surface area contributed by atoms with Crippen molar-refractivity contribution in [3.05, 3.63) is 17.3 Å². The molecule has 0 atom stereocenters. The van der Waals surface area contributed by atoms with Gasteiger partial charge in [0.05, 0.1) is 0 Å². The maximum Gasteiger partial charge on any atom is 0.574 e. The summed E-state index contributed by atoms with van der Waals surface area (Å²) in [7, 11) is 0. The fourth-order valence-electron chi connectivity index (χ4n) is 1.05. The highest BCUT2D eigenvalue weighted by Crippen LogP contribution is 2.37. The lowest BCUT2D eigenvalue weighted by Crippen LogP contribution is -2.20. The molecule has 0 aliphatic heterocycles. The molecule has 3 nitrogen and oxygen atoms in total. The van der Waals surface area contributed by atoms with Crippen molar-refractivity contribution < 1.29 is 36.2 Å². The van der Waals surface area contributed by atoms with Gasteiger partial charge in [-0.25, -0.2) is 4.98 Å². The molecule has 1 aromatic rings. The lowest BCUT2D eigenvalue weighted by molar-refractivity contribution is -0.277. The Morgan fingerprint density at radius 1 is 1.18 bits per heavy atom. The van der Waals surface area contributed by atoms with Crippen LogP contribution in [0.25, 0.3) is 0 Å². The van der Waals surface area contributed by atoms with Crippen molar-refractivity contribution in [2.24, 2.45) is 0 Å². The molecule has 17 heavy (non-hydrogen) atoms. The van der Waals surface area contributed by atoms with Crippen LogP contribution in [-0.4, -0.2) is 16.5 Å². The molecule has 1 heterocycles. The number of alkyl halides is 6. The molecule has 0 saturated carbocycles. The Kier molecular flexibility index (Phi) is 3.13. The molecule has 0 saturated heterocycles. The van der Waals surface area contributed by atoms with Crippen LogP contribution in [0.2, 0.25) is 0 Å². The standard InChI is InChI=1S/C8H5F6NO2/c1-3-2-4(16)6(17-8(12,13)14)15-5(3)7(9,10)11/h2,16H,1H3. The Bertz CT molecular complexity index is 425. The van der Waals surface area contributed by atoms with Crippen LogP contribution in [0, 0.1) is 6.92 Å². The molecule has 0 fully saturated rings. The van der Waals surface area contributed by atoms with Gasteiger partial charge in [0.2, 0.25) is 0 Å². The van der Waals surface area contributed by atoms with Crippen molar-refractivity contribution in [2.75, 3.05) is 0 Å². The number of rotatable bonds is 1. The van der Waals surface area contributed by atoms with Crippen LogP contribution < -0.4 is 4.74 Å². The van der Waals surface area contributed by atoms with E-state index >= 15 is 0 Å². The van der Waals surface area contributed by atoms with Crippen LogP contribution in [0.4, 0.5) is 26.3 Å². The Morgan fingerprint density at radius 2 is 1.71 bits per heavy atom. The van der Waals surface area contributed by atoms with Gasteiger partial charge < -0.3 is 9.84 Å². The van der Waals surface area contributed by atoms with E-state index in [9.17, 15) is 26.3 Å². The van der Waals surface area contributed by atoms with Gasteiger partial charge in [-0.05, 0) is 18.6 Å². The summed E-state index contributed by atoms with van der Waals surface area (Å²) >= 11 is 0. The second-order valence-corrected chi connectivity index (χ2v) is 3.02. The topological polar surface area (TPSA) is 42.4 Å². The van der Waals surface area contributed by atoms with Crippen molar-refractivity contribution >= 4 is 0 Å². The summed E-state index contributed by atoms with van der Waals surface area (Å²) in [5.41, 5.74) is -2.06. The minimum absolute atomic E-state index is 0.497. The van der Waals surface area contributed by atoms with Gasteiger partial charge in [0.15, 0.2) is 11.4 Å². The number of hydrogen-bond acceptors (Lipinski definition) is 3. The summed E-state index contributed by atoms with van der Waals surface area (Å²) in [5.74, 6) is -2.65. The maximum atomic E-state index is 12.3. The number of aromatic hydroxyl groups is 1. The molecule has 0 aliphatic carbocycles. The quantitative estimate of drug-likeness (QED) is 0.790. The maximum absolute atomic E-state index is 12.3. The Balaban J connectivity index is 3.25. The molecule has 96 valence electrons. The number of pyridine rings is 1. The van der Waals surface area contributed by atoms with E-state index in [1.54, 1.807) is 0 Å². The highest BCUT2D eigenvalue weighted by molar-refractivity contribution is 5.39. The molecule has 0 spiro atoms. The second-order valence-electron chi connectivity index (χ2n) is 3.02. The average Bonchev–Trinajstić information content (AvgIpc) is 2.05. The summed E-state index contributed by atoms with van der Waals surface area (Å²) in [6.07, 6.45) is -10.2. The lowest BCUT2D eigenvalue weighted by Gasteiger charge is -2.13. The van der Waals surface area contributed by atoms with E-state index in [1.165, 1.54) is 0 Å². The highest BCUT2D eigenvalue weighted by atomic mass is 19.4. The Labute approximate surface area is 90.6 Å². The third-order valence-electron chi connectivity index (χ3n) is 1.64. The zero-order valence-corrected chi connectivity index (χ0v) is 8.15. The summed E-state index contributed by atoms with van der Waals surface area (Å²) in [5, 5.41) is 8.99. The number of hydrogen-bond donors (Lipinski definition) is 1. The van der Waals surface area contributed by atoms with Gasteiger partial charge in [0.1, 0.15) is 0 Å². The third kappa shape index (κ3) is 3.40. The fraction of sp³-hybridized carbons (Fsp3) is 0.375. The van der Waals surface area contributed by atoms with Crippen LogP contribution in [0.15, 0.2) is 6.07 Å². The van der Waals surface area contributed by atoms with E-state index in [0.29, 0.717) is 6.07 Å². The van der Waals surface area contributed by atoms with Gasteiger partial charge in [-0.2, -0.15) is 13.2 Å². The molecular formula is C8H5F6NO2. The van der Waals surface area contributed by atoms with Crippen LogP contribution in [-0.2, 0) is 6.18 Å². The molecule has 1 aromatic heterocycles. The van der Waals surface area contributed by atoms with Gasteiger partial charge in [-0.15, -0.1) is 13.2 Å². The molecule has 0 amide bonds. The van der Waals surface area contributed by atoms with E-state index < -0.39 is 35.4 Å². The molecule has 0 aliphatic rings. The summed E-state index contributed by atoms with van der Waals surface area (Å²) in [6.45, 7) is 0.951. The van der Waals surface area contributed by atoms with Crippen molar-refractivity contribution in [3.8, 4) is 11.6 Å². The van der Waals surface area contributed by atoms with Crippen molar-refractivity contribution in [1.82, 2.24) is 4.98 Å². The van der Waals surface area contributed by atoms with E-state index in [4.69, 9.17) is 5.11 Å². The number of nitrogens with zero attached hydrogens (tertiary/aromatic N) is 1. The molecule has 0 bridgehead atoms. The zero-order valence-electron chi connectivity index (χ0n) is 8.15. The van der Waals surface area contributed by atoms with Gasteiger partial charge in [-0.3, -0.25) is 0 Å². The molecular weight excluding hydrogens is 256 g/mol. The predicted molar refractivity (Wildman–Crippen MR) is 42.3 cm³/mol. The molecule has 9 heteroatoms. The zero-order chi connectivity index (χ0) is 13.4. The van der Waals surface area contributed by atoms with Crippen molar-refractivity contribution in [1.29, 1.82) is 0 Å². The van der Waals surface area contributed by atoms with Gasteiger partial charge >= 0.3 is 12.5 Å². The van der Waals surface area contributed by atoms with Crippen LogP contribution in [0.1, 0.15) is 11.3 Å². The van der Waals surface area contributed by atoms with E-state index in [1.807, 2.05) is 0 Å². The van der Waals surface area contributed by atoms with Crippen LogP contribution in [0.3, 0.4) is 0 Å². The SMILES string of the molecule is Cc1cc(O)c(OC(F)(F)F)nc1C(F)(F)F. The first-order chi connectivity index (χ1) is 7.50. The minimum atomic E-state index is -5.23. The van der Waals surface area contributed by atoms with E-state index in [-0.39, 0.29) is 0 Å². The molecule has 1 N–H and O–H groups in total. The van der Waals surface area contributed by atoms with E-state index in [0.717, 1.165) is 6.92 Å². The molecule has 0 aromatic carbocycles. The summed E-state index contributed by atoms with van der Waals surface area (Å²) in [6, 6.07) is 0.497. The number of ether oxygens (including phenoxy) is 1. The van der Waals surface area contributed by atoms with Gasteiger partial charge in [0, 0.05) is 0 Å². The molecule has 0 unspecified atom stereocenters. The second kappa shape index (κ2) is 3.97. The number of aryl methyl sites for hydroxylation is 1. The first kappa shape index (κ1) is 13.4. The summed E-state index contributed by atoms with van der Waals surface area (Å²) in [4.78, 5) is 2.61. The lowest BCUT2D eigenvalue weighted by atomic mass is 10.2. The van der Waals surface area contributed by atoms with Crippen molar-refractivity contribution in [3.63, 3.8) is 0 Å². The Morgan fingerprint density at radius 3 is 2.12 bits per heavy atom. The van der Waals surface area contributed by atoms with Crippen LogP contribution >= 0.6 is 0 Å². The van der Waals surface area contributed by atoms with Gasteiger partial charge in [0.25, 0.3) is 5.88 Å². The van der Waals surface area contributed by atoms with E-state index in [2.05, 4.69) is 9.72 Å². The first-order valence-electron chi connectivity index (χ1n) is 4.04. The monoisotopic (exact) mass is 261 g/mol. The number of aromatic nitrogens is 1. The summed E-state index contributed by atoms with van der Waals surface area (Å²) < 4.78 is 75.5. The third-order valence-corrected chi connectivity index (χ3v) is 1.64. The fourth-order valence-corrected chi connectivity index (χ4v) is 1.05. The molecule has 0 radical (unpaired) electrons. The predicted octanol–water partition coefficient (Wildman–Crippen LogP) is 3.01. The van der Waals surface area contributed by atoms with Crippen molar-refractivity contribution in [2.45, 2.75) is 19.5 Å². The minimum Gasteiger partial charge on any atom is -0.503 e. The normalized spacial score (nSPS) is 12.6. The average molecular weight is 261 g/mol. The first-order valence-corrected chi connectivity index (χ1v) is 4.04. The van der Waals surface area contributed by atoms with Crippen LogP contribution in [0.5, 0.6) is 11.6 Å². The Hall–Kier alpha value is -1.67. The van der Waals surface area contributed by atoms with Gasteiger partial charge in [-0.1, -0.05) is 0 Å².